The minimum atomic E-state index is -0.215. The zero-order valence-electron chi connectivity index (χ0n) is 20.8. The summed E-state index contributed by atoms with van der Waals surface area (Å²) in [5.74, 6) is 0.264. The molecule has 2 fully saturated rings. The second-order valence-corrected chi connectivity index (χ2v) is 10.3. The lowest BCUT2D eigenvalue weighted by Crippen LogP contribution is -2.48. The second kappa shape index (κ2) is 13.4. The van der Waals surface area contributed by atoms with Crippen LogP contribution in [0.3, 0.4) is 0 Å². The third kappa shape index (κ3) is 8.07. The van der Waals surface area contributed by atoms with Gasteiger partial charge in [0, 0.05) is 63.1 Å². The Bertz CT molecular complexity index is 1010. The maximum atomic E-state index is 13.9. The molecule has 0 radical (unpaired) electrons. The Morgan fingerprint density at radius 1 is 1.34 bits per heavy atom. The van der Waals surface area contributed by atoms with Gasteiger partial charge in [-0.05, 0) is 73.4 Å². The Labute approximate surface area is 218 Å². The van der Waals surface area contributed by atoms with E-state index in [1.807, 2.05) is 17.0 Å². The van der Waals surface area contributed by atoms with Gasteiger partial charge in [-0.3, -0.25) is 9.59 Å². The molecule has 2 heterocycles. The minimum absolute atomic E-state index is 0.0198. The van der Waals surface area contributed by atoms with E-state index in [1.165, 1.54) is 0 Å². The Morgan fingerprint density at radius 3 is 2.74 bits per heavy atom. The first-order valence-electron chi connectivity index (χ1n) is 12.3. The third-order valence-electron chi connectivity index (χ3n) is 6.72. The third-order valence-corrected chi connectivity index (χ3v) is 7.17. The summed E-state index contributed by atoms with van der Waals surface area (Å²) in [5.41, 5.74) is 2.90. The van der Waals surface area contributed by atoms with Gasteiger partial charge in [-0.25, -0.2) is 0 Å². The van der Waals surface area contributed by atoms with Crippen LogP contribution in [0, 0.1) is 5.92 Å². The highest BCUT2D eigenvalue weighted by Gasteiger charge is 2.40. The lowest BCUT2D eigenvalue weighted by molar-refractivity contribution is -0.136. The van der Waals surface area contributed by atoms with Crippen molar-refractivity contribution in [1.29, 1.82) is 0 Å². The fraction of sp³-hybridized carbons (Fsp3) is 0.556. The Morgan fingerprint density at radius 2 is 2.11 bits per heavy atom. The van der Waals surface area contributed by atoms with E-state index in [2.05, 4.69) is 18.0 Å². The minimum Gasteiger partial charge on any atom is -0.385 e. The predicted octanol–water partition coefficient (Wildman–Crippen LogP) is 4.34. The van der Waals surface area contributed by atoms with Gasteiger partial charge < -0.3 is 19.5 Å². The van der Waals surface area contributed by atoms with E-state index in [0.717, 1.165) is 55.4 Å². The van der Waals surface area contributed by atoms with E-state index < -0.39 is 0 Å². The first-order valence-corrected chi connectivity index (χ1v) is 13.2. The molecule has 2 aliphatic rings. The highest BCUT2D eigenvalue weighted by atomic mass is 35.5. The average Bonchev–Trinajstić information content (AvgIpc) is 3.68. The molecule has 1 amide bonds. The number of amides is 1. The number of aromatic nitrogens is 1. The fourth-order valence-electron chi connectivity index (χ4n) is 4.71. The first kappa shape index (κ1) is 27.7. The summed E-state index contributed by atoms with van der Waals surface area (Å²) in [6.45, 7) is 6.38. The summed E-state index contributed by atoms with van der Waals surface area (Å²) in [4.78, 5) is 28.2. The van der Waals surface area contributed by atoms with E-state index in [0.29, 0.717) is 30.6 Å². The highest BCUT2D eigenvalue weighted by molar-refractivity contribution is 6.30. The van der Waals surface area contributed by atoms with Gasteiger partial charge in [0.1, 0.15) is 0 Å². The monoisotopic (exact) mass is 521 g/mol. The van der Waals surface area contributed by atoms with E-state index in [4.69, 9.17) is 27.9 Å². The number of halogens is 2. The molecule has 2 atom stereocenters. The van der Waals surface area contributed by atoms with Crippen LogP contribution in [0.1, 0.15) is 43.6 Å². The lowest BCUT2D eigenvalue weighted by atomic mass is 9.80. The van der Waals surface area contributed by atoms with Crippen LogP contribution < -0.4 is 10.9 Å². The molecule has 1 saturated heterocycles. The molecule has 0 unspecified atom stereocenters. The first-order chi connectivity index (χ1) is 16.8. The molecule has 0 aromatic carbocycles. The SMILES string of the molecule is C=C(Cl)/C=C(\C=C(/CCl)CN(C(=O)[C@H]1CNCC[C@@H]1c1ccn(C)c(=O)c1)C1CC1)CCCOC. The van der Waals surface area contributed by atoms with Crippen molar-refractivity contribution in [3.05, 3.63) is 69.2 Å². The predicted molar refractivity (Wildman–Crippen MR) is 143 cm³/mol. The number of alkyl halides is 1. The summed E-state index contributed by atoms with van der Waals surface area (Å²) in [5, 5.41) is 3.85. The number of ether oxygens (including phenoxy) is 1. The van der Waals surface area contributed by atoms with Crippen molar-refractivity contribution in [3.63, 3.8) is 0 Å². The fourth-order valence-corrected chi connectivity index (χ4v) is 5.01. The number of piperidine rings is 1. The molecule has 192 valence electrons. The molecule has 35 heavy (non-hydrogen) atoms. The lowest BCUT2D eigenvalue weighted by Gasteiger charge is -2.36. The summed E-state index contributed by atoms with van der Waals surface area (Å²) in [6, 6.07) is 3.89. The number of nitrogens with zero attached hydrogens (tertiary/aromatic N) is 2. The molecule has 0 spiro atoms. The Kier molecular flexibility index (Phi) is 10.7. The van der Waals surface area contributed by atoms with Crippen LogP contribution in [0.5, 0.6) is 0 Å². The summed E-state index contributed by atoms with van der Waals surface area (Å²) in [6.07, 6.45) is 10.2. The van der Waals surface area contributed by atoms with Crippen molar-refractivity contribution in [1.82, 2.24) is 14.8 Å². The number of nitrogens with one attached hydrogen (secondary N) is 1. The number of hydrogen-bond acceptors (Lipinski definition) is 4. The van der Waals surface area contributed by atoms with E-state index in [-0.39, 0.29) is 29.3 Å². The largest absolute Gasteiger partial charge is 0.385 e. The number of hydrogen-bond donors (Lipinski definition) is 1. The number of carbonyl (C=O) groups is 1. The maximum Gasteiger partial charge on any atom is 0.250 e. The number of methoxy groups -OCH3 is 1. The Hall–Kier alpha value is -1.86. The summed E-state index contributed by atoms with van der Waals surface area (Å²) in [7, 11) is 3.42. The van der Waals surface area contributed by atoms with Gasteiger partial charge >= 0.3 is 0 Å². The maximum absolute atomic E-state index is 13.9. The topological polar surface area (TPSA) is 63.6 Å². The van der Waals surface area contributed by atoms with Crippen LogP contribution in [0.2, 0.25) is 0 Å². The van der Waals surface area contributed by atoms with Gasteiger partial charge in [0.05, 0.1) is 5.92 Å². The number of allylic oxidation sites excluding steroid dienone is 4. The second-order valence-electron chi connectivity index (χ2n) is 9.51. The Balaban J connectivity index is 1.82. The molecule has 8 heteroatoms. The number of carbonyl (C=O) groups excluding carboxylic acids is 1. The van der Waals surface area contributed by atoms with E-state index in [1.54, 1.807) is 31.0 Å². The molecule has 6 nitrogen and oxygen atoms in total. The van der Waals surface area contributed by atoms with Crippen molar-refractivity contribution in [2.45, 2.75) is 44.1 Å². The standard InChI is InChI=1S/C27H37Cl2N3O3/c1-19(29)13-20(5-4-12-35-3)14-21(16-28)18-32(23-6-7-23)27(34)25-17-30-10-8-24(25)22-9-11-31(2)26(33)15-22/h9,11,13-15,23-25,30H,1,4-8,10,12,16-18H2,2-3H3/b20-13-,21-14+/t24-,25+/m1/s1. The van der Waals surface area contributed by atoms with E-state index in [9.17, 15) is 9.59 Å². The van der Waals surface area contributed by atoms with Crippen LogP contribution in [0.4, 0.5) is 0 Å². The molecule has 1 aromatic rings. The van der Waals surface area contributed by atoms with Crippen molar-refractivity contribution in [2.24, 2.45) is 13.0 Å². The summed E-state index contributed by atoms with van der Waals surface area (Å²) >= 11 is 12.4. The number of rotatable bonds is 12. The van der Waals surface area contributed by atoms with Gasteiger partial charge in [-0.2, -0.15) is 0 Å². The summed E-state index contributed by atoms with van der Waals surface area (Å²) < 4.78 is 6.74. The van der Waals surface area contributed by atoms with Gasteiger partial charge in [-0.15, -0.1) is 11.6 Å². The van der Waals surface area contributed by atoms with Gasteiger partial charge in [0.25, 0.3) is 5.56 Å². The van der Waals surface area contributed by atoms with Gasteiger partial charge in [0.15, 0.2) is 0 Å². The molecule has 0 bridgehead atoms. The van der Waals surface area contributed by atoms with Crippen LogP contribution in [0.25, 0.3) is 0 Å². The molecular weight excluding hydrogens is 485 g/mol. The van der Waals surface area contributed by atoms with Crippen molar-refractivity contribution < 1.29 is 9.53 Å². The van der Waals surface area contributed by atoms with Gasteiger partial charge in [0.2, 0.25) is 5.91 Å². The zero-order valence-corrected chi connectivity index (χ0v) is 22.3. The molecule has 1 aliphatic heterocycles. The van der Waals surface area contributed by atoms with Crippen LogP contribution >= 0.6 is 23.2 Å². The van der Waals surface area contributed by atoms with Crippen molar-refractivity contribution in [3.8, 4) is 0 Å². The average molecular weight is 523 g/mol. The van der Waals surface area contributed by atoms with Crippen LogP contribution in [-0.4, -0.2) is 60.6 Å². The molecule has 1 aromatic heterocycles. The van der Waals surface area contributed by atoms with Crippen LogP contribution in [0.15, 0.2) is 58.0 Å². The van der Waals surface area contributed by atoms with Crippen LogP contribution in [-0.2, 0) is 16.6 Å². The number of pyridine rings is 1. The molecule has 1 saturated carbocycles. The molecular formula is C27H37Cl2N3O3. The van der Waals surface area contributed by atoms with Crippen molar-refractivity contribution >= 4 is 29.1 Å². The normalized spacial score (nSPS) is 21.1. The smallest absolute Gasteiger partial charge is 0.250 e. The molecule has 3 rings (SSSR count). The number of aryl methyl sites for hydroxylation is 1. The molecule has 1 aliphatic carbocycles. The highest BCUT2D eigenvalue weighted by Crippen LogP contribution is 2.35. The van der Waals surface area contributed by atoms with E-state index >= 15 is 0 Å². The quantitative estimate of drug-likeness (QED) is 0.252. The molecule has 1 N–H and O–H groups in total. The van der Waals surface area contributed by atoms with Gasteiger partial charge in [-0.1, -0.05) is 24.3 Å². The van der Waals surface area contributed by atoms with Crippen molar-refractivity contribution in [2.75, 3.05) is 39.2 Å². The zero-order chi connectivity index (χ0) is 25.4.